The number of methoxy groups -OCH3 is 1. The standard InChI is InChI=1S/C23H22ClF3N6O2/c1-5-32-13(3)16(11-28-32)12(2)29-22(34)20-19(24)21-30-17(14-7-6-8-15(9-14)35-4)10-18(23(25,26)27)33(21)31-20/h6-12H,5H2,1-4H3,(H,29,34). The molecule has 4 rings (SSSR count). The molecule has 1 amide bonds. The number of alkyl halides is 3. The number of hydrogen-bond donors (Lipinski definition) is 1. The predicted octanol–water partition coefficient (Wildman–Crippen LogP) is 5.09. The van der Waals surface area contributed by atoms with Crippen LogP contribution in [0.5, 0.6) is 5.75 Å². The van der Waals surface area contributed by atoms with Crippen molar-refractivity contribution in [1.82, 2.24) is 29.7 Å². The largest absolute Gasteiger partial charge is 0.497 e. The fourth-order valence-corrected chi connectivity index (χ4v) is 4.06. The highest BCUT2D eigenvalue weighted by Gasteiger charge is 2.37. The van der Waals surface area contributed by atoms with Gasteiger partial charge in [0.1, 0.15) is 10.8 Å². The first-order chi connectivity index (χ1) is 16.5. The second kappa shape index (κ2) is 9.21. The number of nitrogens with zero attached hydrogens (tertiary/aromatic N) is 5. The average molecular weight is 507 g/mol. The summed E-state index contributed by atoms with van der Waals surface area (Å²) in [5.41, 5.74) is 0.271. The van der Waals surface area contributed by atoms with Gasteiger partial charge in [-0.1, -0.05) is 23.7 Å². The SMILES string of the molecule is CCn1ncc(C(C)NC(=O)c2nn3c(C(F)(F)F)cc(-c4cccc(OC)c4)nc3c2Cl)c1C. The van der Waals surface area contributed by atoms with Gasteiger partial charge < -0.3 is 10.1 Å². The molecular formula is C23H22ClF3N6O2. The molecule has 0 saturated carbocycles. The number of amides is 1. The highest BCUT2D eigenvalue weighted by Crippen LogP contribution is 2.35. The fourth-order valence-electron chi connectivity index (χ4n) is 3.82. The molecule has 0 aliphatic heterocycles. The minimum Gasteiger partial charge on any atom is -0.497 e. The average Bonchev–Trinajstić information content (AvgIpc) is 3.37. The topological polar surface area (TPSA) is 86.3 Å². The van der Waals surface area contributed by atoms with E-state index in [4.69, 9.17) is 16.3 Å². The van der Waals surface area contributed by atoms with Crippen molar-refractivity contribution in [2.45, 2.75) is 39.5 Å². The van der Waals surface area contributed by atoms with Crippen LogP contribution in [0.1, 0.15) is 47.3 Å². The number of nitrogens with one attached hydrogen (secondary N) is 1. The lowest BCUT2D eigenvalue weighted by molar-refractivity contribution is -0.142. The van der Waals surface area contributed by atoms with Crippen molar-refractivity contribution in [3.63, 3.8) is 0 Å². The summed E-state index contributed by atoms with van der Waals surface area (Å²) in [5.74, 6) is -0.277. The summed E-state index contributed by atoms with van der Waals surface area (Å²) < 4.78 is 49.3. The van der Waals surface area contributed by atoms with Crippen LogP contribution in [-0.4, -0.2) is 37.4 Å². The lowest BCUT2D eigenvalue weighted by atomic mass is 10.1. The summed E-state index contributed by atoms with van der Waals surface area (Å²) in [6.07, 6.45) is -3.14. The molecule has 0 radical (unpaired) electrons. The normalized spacial score (nSPS) is 12.7. The lowest BCUT2D eigenvalue weighted by Crippen LogP contribution is -2.27. The summed E-state index contributed by atoms with van der Waals surface area (Å²) in [5, 5.41) is 10.6. The van der Waals surface area contributed by atoms with Gasteiger partial charge in [-0.25, -0.2) is 9.50 Å². The first-order valence-corrected chi connectivity index (χ1v) is 11.1. The molecule has 184 valence electrons. The second-order valence-electron chi connectivity index (χ2n) is 7.85. The number of benzene rings is 1. The van der Waals surface area contributed by atoms with Crippen LogP contribution >= 0.6 is 11.6 Å². The molecule has 0 saturated heterocycles. The van der Waals surface area contributed by atoms with Crippen LogP contribution in [-0.2, 0) is 12.7 Å². The Morgan fingerprint density at radius 2 is 2.03 bits per heavy atom. The highest BCUT2D eigenvalue weighted by molar-refractivity contribution is 6.36. The summed E-state index contributed by atoms with van der Waals surface area (Å²) in [6.45, 7) is 6.21. The lowest BCUT2D eigenvalue weighted by Gasteiger charge is -2.13. The molecule has 1 N–H and O–H groups in total. The van der Waals surface area contributed by atoms with E-state index in [0.29, 0.717) is 22.4 Å². The molecule has 0 aliphatic rings. The number of aryl methyl sites for hydroxylation is 1. The third kappa shape index (κ3) is 4.55. The third-order valence-electron chi connectivity index (χ3n) is 5.66. The van der Waals surface area contributed by atoms with Crippen molar-refractivity contribution < 1.29 is 22.7 Å². The number of aromatic nitrogens is 5. The first-order valence-electron chi connectivity index (χ1n) is 10.7. The monoisotopic (exact) mass is 506 g/mol. The number of fused-ring (bicyclic) bond motifs is 1. The zero-order valence-electron chi connectivity index (χ0n) is 19.3. The number of hydrogen-bond acceptors (Lipinski definition) is 5. The van der Waals surface area contributed by atoms with Gasteiger partial charge in [0.05, 0.1) is 25.0 Å². The summed E-state index contributed by atoms with van der Waals surface area (Å²) in [4.78, 5) is 17.3. The number of carbonyl (C=O) groups is 1. The minimum absolute atomic E-state index is 0.00783. The van der Waals surface area contributed by atoms with E-state index in [1.807, 2.05) is 13.8 Å². The van der Waals surface area contributed by atoms with Crippen molar-refractivity contribution in [3.8, 4) is 17.0 Å². The van der Waals surface area contributed by atoms with E-state index < -0.39 is 23.8 Å². The van der Waals surface area contributed by atoms with E-state index in [1.54, 1.807) is 42.1 Å². The molecule has 4 aromatic rings. The molecule has 0 aliphatic carbocycles. The number of halogens is 4. The maximum atomic E-state index is 13.9. The van der Waals surface area contributed by atoms with Crippen LogP contribution in [0.3, 0.4) is 0 Å². The molecule has 3 heterocycles. The Kier molecular flexibility index (Phi) is 6.46. The Balaban J connectivity index is 1.77. The van der Waals surface area contributed by atoms with Gasteiger partial charge in [0.2, 0.25) is 0 Å². The van der Waals surface area contributed by atoms with Crippen LogP contribution in [0.4, 0.5) is 13.2 Å². The Labute approximate surface area is 203 Å². The van der Waals surface area contributed by atoms with Crippen LogP contribution < -0.4 is 10.1 Å². The predicted molar refractivity (Wildman–Crippen MR) is 124 cm³/mol. The molecule has 1 unspecified atom stereocenters. The maximum absolute atomic E-state index is 13.9. The molecule has 3 aromatic heterocycles. The maximum Gasteiger partial charge on any atom is 0.433 e. The van der Waals surface area contributed by atoms with Gasteiger partial charge in [-0.2, -0.15) is 23.4 Å². The van der Waals surface area contributed by atoms with Gasteiger partial charge in [0, 0.05) is 23.4 Å². The fraction of sp³-hybridized carbons (Fsp3) is 0.304. The molecule has 1 aromatic carbocycles. The third-order valence-corrected chi connectivity index (χ3v) is 6.01. The molecular weight excluding hydrogens is 485 g/mol. The summed E-state index contributed by atoms with van der Waals surface area (Å²) in [7, 11) is 1.45. The van der Waals surface area contributed by atoms with E-state index >= 15 is 0 Å². The van der Waals surface area contributed by atoms with Crippen LogP contribution in [0.2, 0.25) is 5.02 Å². The molecule has 0 bridgehead atoms. The Morgan fingerprint density at radius 1 is 1.29 bits per heavy atom. The molecule has 0 spiro atoms. The van der Waals surface area contributed by atoms with Gasteiger partial charge in [0.15, 0.2) is 17.0 Å². The van der Waals surface area contributed by atoms with Gasteiger partial charge >= 0.3 is 6.18 Å². The van der Waals surface area contributed by atoms with E-state index in [0.717, 1.165) is 17.3 Å². The zero-order chi connectivity index (χ0) is 25.5. The Morgan fingerprint density at radius 3 is 2.66 bits per heavy atom. The Bertz CT molecular complexity index is 1410. The minimum atomic E-state index is -4.78. The number of ether oxygens (including phenoxy) is 1. The number of rotatable bonds is 6. The van der Waals surface area contributed by atoms with Gasteiger partial charge in [-0.05, 0) is 39.0 Å². The summed E-state index contributed by atoms with van der Waals surface area (Å²) in [6, 6.07) is 6.82. The quantitative estimate of drug-likeness (QED) is 0.393. The van der Waals surface area contributed by atoms with Gasteiger partial charge in [-0.3, -0.25) is 9.48 Å². The van der Waals surface area contributed by atoms with Crippen molar-refractivity contribution in [1.29, 1.82) is 0 Å². The van der Waals surface area contributed by atoms with Crippen LogP contribution in [0, 0.1) is 6.92 Å². The number of carbonyl (C=O) groups excluding carboxylic acids is 1. The Hall–Kier alpha value is -3.60. The molecule has 35 heavy (non-hydrogen) atoms. The molecule has 8 nitrogen and oxygen atoms in total. The van der Waals surface area contributed by atoms with Crippen LogP contribution in [0.15, 0.2) is 36.5 Å². The second-order valence-corrected chi connectivity index (χ2v) is 8.23. The molecule has 0 fully saturated rings. The summed E-state index contributed by atoms with van der Waals surface area (Å²) >= 11 is 6.36. The smallest absolute Gasteiger partial charge is 0.433 e. The first kappa shape index (κ1) is 24.5. The van der Waals surface area contributed by atoms with Crippen molar-refractivity contribution in [2.24, 2.45) is 0 Å². The zero-order valence-corrected chi connectivity index (χ0v) is 20.1. The van der Waals surface area contributed by atoms with E-state index in [1.165, 1.54) is 7.11 Å². The van der Waals surface area contributed by atoms with E-state index in [-0.39, 0.29) is 22.1 Å². The van der Waals surface area contributed by atoms with Crippen molar-refractivity contribution >= 4 is 23.2 Å². The van der Waals surface area contributed by atoms with Crippen molar-refractivity contribution in [2.75, 3.05) is 7.11 Å². The van der Waals surface area contributed by atoms with E-state index in [2.05, 4.69) is 20.5 Å². The van der Waals surface area contributed by atoms with E-state index in [9.17, 15) is 18.0 Å². The van der Waals surface area contributed by atoms with Gasteiger partial charge in [-0.15, -0.1) is 0 Å². The van der Waals surface area contributed by atoms with Crippen LogP contribution in [0.25, 0.3) is 16.9 Å². The van der Waals surface area contributed by atoms with Gasteiger partial charge in [0.25, 0.3) is 5.91 Å². The highest BCUT2D eigenvalue weighted by atomic mass is 35.5. The molecule has 12 heteroatoms. The van der Waals surface area contributed by atoms with Crippen molar-refractivity contribution in [3.05, 3.63) is 64.2 Å². The molecule has 1 atom stereocenters.